The maximum atomic E-state index is 12.2. The van der Waals surface area contributed by atoms with Crippen molar-refractivity contribution in [2.45, 2.75) is 58.6 Å². The number of hydrogen-bond acceptors (Lipinski definition) is 3. The van der Waals surface area contributed by atoms with Crippen molar-refractivity contribution in [2.24, 2.45) is 5.41 Å². The Labute approximate surface area is 122 Å². The summed E-state index contributed by atoms with van der Waals surface area (Å²) in [5.41, 5.74) is 0.718. The fraction of sp³-hybridized carbons (Fsp3) is 0.714. The van der Waals surface area contributed by atoms with E-state index in [-0.39, 0.29) is 16.9 Å². The molecule has 0 atom stereocenters. The lowest BCUT2D eigenvalue weighted by molar-refractivity contribution is 0.270. The van der Waals surface area contributed by atoms with Crippen molar-refractivity contribution < 1.29 is 13.5 Å². The Morgan fingerprint density at radius 3 is 2.50 bits per heavy atom. The van der Waals surface area contributed by atoms with Gasteiger partial charge in [0, 0.05) is 25.0 Å². The van der Waals surface area contributed by atoms with Gasteiger partial charge < -0.3 is 9.67 Å². The van der Waals surface area contributed by atoms with E-state index in [4.69, 9.17) is 0 Å². The molecule has 0 amide bonds. The van der Waals surface area contributed by atoms with E-state index < -0.39 is 10.0 Å². The van der Waals surface area contributed by atoms with Crippen molar-refractivity contribution in [3.63, 3.8) is 0 Å². The van der Waals surface area contributed by atoms with Gasteiger partial charge in [-0.3, -0.25) is 0 Å². The molecule has 0 unspecified atom stereocenters. The lowest BCUT2D eigenvalue weighted by Gasteiger charge is -2.17. The van der Waals surface area contributed by atoms with Crippen molar-refractivity contribution in [1.82, 2.24) is 9.29 Å². The molecule has 0 aliphatic rings. The number of aliphatic hydroxyl groups is 1. The molecule has 5 nitrogen and oxygen atoms in total. The van der Waals surface area contributed by atoms with Gasteiger partial charge in [0.1, 0.15) is 0 Å². The molecule has 0 saturated heterocycles. The Morgan fingerprint density at radius 2 is 2.00 bits per heavy atom. The van der Waals surface area contributed by atoms with Gasteiger partial charge in [0.15, 0.2) is 0 Å². The normalized spacial score (nSPS) is 12.8. The van der Waals surface area contributed by atoms with Gasteiger partial charge in [0.2, 0.25) is 10.0 Å². The van der Waals surface area contributed by atoms with E-state index in [0.717, 1.165) is 12.8 Å². The van der Waals surface area contributed by atoms with Gasteiger partial charge in [0.05, 0.1) is 11.5 Å². The van der Waals surface area contributed by atoms with E-state index in [1.165, 1.54) is 6.07 Å². The van der Waals surface area contributed by atoms with E-state index in [9.17, 15) is 13.5 Å². The number of sulfonamides is 1. The number of nitrogens with zero attached hydrogens (tertiary/aromatic N) is 1. The Balaban J connectivity index is 2.82. The summed E-state index contributed by atoms with van der Waals surface area (Å²) in [6, 6.07) is 1.54. The molecule has 0 spiro atoms. The van der Waals surface area contributed by atoms with Crippen molar-refractivity contribution in [3.05, 3.63) is 18.0 Å². The lowest BCUT2D eigenvalue weighted by Crippen LogP contribution is -2.27. The minimum absolute atomic E-state index is 0.0902. The first kappa shape index (κ1) is 17.2. The summed E-state index contributed by atoms with van der Waals surface area (Å²) >= 11 is 0. The topological polar surface area (TPSA) is 71.3 Å². The van der Waals surface area contributed by atoms with Crippen LogP contribution in [0.4, 0.5) is 0 Å². The number of hydrogen-bond donors (Lipinski definition) is 2. The number of nitrogens with one attached hydrogen (secondary N) is 1. The fourth-order valence-electron chi connectivity index (χ4n) is 1.90. The van der Waals surface area contributed by atoms with Crippen molar-refractivity contribution in [2.75, 3.05) is 6.54 Å². The predicted molar refractivity (Wildman–Crippen MR) is 79.9 cm³/mol. The van der Waals surface area contributed by atoms with Crippen LogP contribution in [0.1, 0.15) is 46.2 Å². The number of aliphatic hydroxyl groups excluding tert-OH is 1. The van der Waals surface area contributed by atoms with Crippen LogP contribution < -0.4 is 4.72 Å². The van der Waals surface area contributed by atoms with Crippen LogP contribution in [0.25, 0.3) is 0 Å². The average Bonchev–Trinajstić information content (AvgIpc) is 2.71. The second-order valence-electron chi connectivity index (χ2n) is 6.23. The second-order valence-corrected chi connectivity index (χ2v) is 7.99. The third-order valence-corrected chi connectivity index (χ3v) is 4.49. The first-order valence-corrected chi connectivity index (χ1v) is 8.47. The van der Waals surface area contributed by atoms with Crippen LogP contribution in [0.5, 0.6) is 0 Å². The number of aryl methyl sites for hydroxylation is 1. The average molecular weight is 302 g/mol. The molecule has 1 heterocycles. The van der Waals surface area contributed by atoms with Gasteiger partial charge in [0.25, 0.3) is 0 Å². The highest BCUT2D eigenvalue weighted by Crippen LogP contribution is 2.19. The molecule has 0 bridgehead atoms. The molecule has 0 saturated carbocycles. The third kappa shape index (κ3) is 4.92. The molecule has 1 aromatic heterocycles. The molecule has 20 heavy (non-hydrogen) atoms. The van der Waals surface area contributed by atoms with Crippen LogP contribution in [-0.4, -0.2) is 24.6 Å². The zero-order valence-corrected chi connectivity index (χ0v) is 13.6. The molecule has 0 fully saturated rings. The fourth-order valence-corrected chi connectivity index (χ4v) is 2.99. The maximum absolute atomic E-state index is 12.2. The van der Waals surface area contributed by atoms with Crippen LogP contribution in [-0.2, 0) is 23.2 Å². The zero-order chi connectivity index (χ0) is 15.4. The van der Waals surface area contributed by atoms with E-state index >= 15 is 0 Å². The van der Waals surface area contributed by atoms with Crippen molar-refractivity contribution in [1.29, 1.82) is 0 Å². The largest absolute Gasteiger partial charge is 0.390 e. The monoisotopic (exact) mass is 302 g/mol. The summed E-state index contributed by atoms with van der Waals surface area (Å²) in [7, 11) is -3.49. The highest BCUT2D eigenvalue weighted by Gasteiger charge is 2.19. The van der Waals surface area contributed by atoms with Crippen LogP contribution in [0.3, 0.4) is 0 Å². The van der Waals surface area contributed by atoms with Gasteiger partial charge >= 0.3 is 0 Å². The zero-order valence-electron chi connectivity index (χ0n) is 12.8. The van der Waals surface area contributed by atoms with E-state index in [1.54, 1.807) is 10.8 Å². The molecule has 1 aromatic rings. The van der Waals surface area contributed by atoms with E-state index in [0.29, 0.717) is 18.8 Å². The molecule has 116 valence electrons. The van der Waals surface area contributed by atoms with Crippen LogP contribution in [0.2, 0.25) is 0 Å². The molecule has 2 N–H and O–H groups in total. The molecule has 1 rings (SSSR count). The summed E-state index contributed by atoms with van der Waals surface area (Å²) in [6.07, 6.45) is 3.25. The van der Waals surface area contributed by atoms with Gasteiger partial charge in [-0.15, -0.1) is 0 Å². The lowest BCUT2D eigenvalue weighted by atomic mass is 9.93. The highest BCUT2D eigenvalue weighted by atomic mass is 32.2. The summed E-state index contributed by atoms with van der Waals surface area (Å²) in [6.45, 7) is 9.19. The first-order valence-electron chi connectivity index (χ1n) is 6.99. The predicted octanol–water partition coefficient (Wildman–Crippen LogP) is 2.10. The van der Waals surface area contributed by atoms with Gasteiger partial charge in [-0.1, -0.05) is 27.7 Å². The minimum atomic E-state index is -3.49. The maximum Gasteiger partial charge on any atom is 0.242 e. The van der Waals surface area contributed by atoms with Crippen molar-refractivity contribution >= 4 is 10.0 Å². The molecular formula is C14H26N2O3S. The number of aromatic nitrogens is 1. The Bertz CT molecular complexity index is 527. The summed E-state index contributed by atoms with van der Waals surface area (Å²) in [5, 5.41) is 9.27. The molecule has 0 radical (unpaired) electrons. The number of rotatable bonds is 7. The third-order valence-electron chi connectivity index (χ3n) is 3.06. The van der Waals surface area contributed by atoms with E-state index in [1.807, 2.05) is 6.92 Å². The van der Waals surface area contributed by atoms with E-state index in [2.05, 4.69) is 25.5 Å². The Kier molecular flexibility index (Phi) is 5.79. The highest BCUT2D eigenvalue weighted by molar-refractivity contribution is 7.89. The Morgan fingerprint density at radius 1 is 1.35 bits per heavy atom. The van der Waals surface area contributed by atoms with Crippen LogP contribution >= 0.6 is 0 Å². The quantitative estimate of drug-likeness (QED) is 0.810. The molecular weight excluding hydrogens is 276 g/mol. The summed E-state index contributed by atoms with van der Waals surface area (Å²) < 4.78 is 28.8. The first-order chi connectivity index (χ1) is 9.19. The standard InChI is InChI=1S/C14H26N2O3S/c1-5-8-16-10-13(9-12(16)11-17)20(18,19)15-7-6-14(2,3)4/h9-10,15,17H,5-8,11H2,1-4H3. The van der Waals surface area contributed by atoms with Crippen molar-refractivity contribution in [3.8, 4) is 0 Å². The van der Waals surface area contributed by atoms with Crippen LogP contribution in [0.15, 0.2) is 17.2 Å². The molecule has 6 heteroatoms. The smallest absolute Gasteiger partial charge is 0.242 e. The molecule has 0 aliphatic carbocycles. The summed E-state index contributed by atoms with van der Waals surface area (Å²) in [5.74, 6) is 0. The van der Waals surface area contributed by atoms with Gasteiger partial charge in [-0.05, 0) is 24.3 Å². The van der Waals surface area contributed by atoms with Crippen LogP contribution in [0, 0.1) is 5.41 Å². The minimum Gasteiger partial charge on any atom is -0.390 e. The Hall–Kier alpha value is -0.850. The molecule has 0 aromatic carbocycles. The van der Waals surface area contributed by atoms with Gasteiger partial charge in [-0.2, -0.15) is 0 Å². The second kappa shape index (κ2) is 6.74. The summed E-state index contributed by atoms with van der Waals surface area (Å²) in [4.78, 5) is 0.226. The van der Waals surface area contributed by atoms with Gasteiger partial charge in [-0.25, -0.2) is 13.1 Å². The molecule has 0 aliphatic heterocycles. The SMILES string of the molecule is CCCn1cc(S(=O)(=O)NCCC(C)(C)C)cc1CO.